The number of aromatic nitrogens is 1. The van der Waals surface area contributed by atoms with E-state index in [-0.39, 0.29) is 16.5 Å². The van der Waals surface area contributed by atoms with Crippen LogP contribution in [-0.4, -0.2) is 16.1 Å². The van der Waals surface area contributed by atoms with Gasteiger partial charge in [-0.2, -0.15) is 5.26 Å². The van der Waals surface area contributed by atoms with Crippen molar-refractivity contribution in [1.29, 1.82) is 5.26 Å². The lowest BCUT2D eigenvalue weighted by Crippen LogP contribution is -2.10. The molecule has 0 bridgehead atoms. The molecule has 16 heavy (non-hydrogen) atoms. The van der Waals surface area contributed by atoms with Crippen LogP contribution in [0.2, 0.25) is 0 Å². The molecule has 0 radical (unpaired) electrons. The van der Waals surface area contributed by atoms with Crippen LogP contribution < -0.4 is 0 Å². The number of carboxylic acids is 1. The maximum atomic E-state index is 12.7. The molecule has 84 valence electrons. The fourth-order valence-corrected chi connectivity index (χ4v) is 1.61. The van der Waals surface area contributed by atoms with Gasteiger partial charge in [-0.3, -0.25) is 0 Å². The third-order valence-electron chi connectivity index (χ3n) is 1.87. The number of alkyl halides is 3. The van der Waals surface area contributed by atoms with Gasteiger partial charge in [0.2, 0.25) is 0 Å². The van der Waals surface area contributed by atoms with Crippen LogP contribution in [-0.2, 0) is 5.33 Å². The maximum absolute atomic E-state index is 12.7. The summed E-state index contributed by atoms with van der Waals surface area (Å²) in [5, 5.41) is 17.6. The highest BCUT2D eigenvalue weighted by molar-refractivity contribution is 9.08. The van der Waals surface area contributed by atoms with E-state index < -0.39 is 23.7 Å². The smallest absolute Gasteiger partial charge is 0.355 e. The average Bonchev–Trinajstić information content (AvgIpc) is 2.26. The molecule has 1 N–H and O–H groups in total. The third-order valence-corrected chi connectivity index (χ3v) is 2.48. The summed E-state index contributed by atoms with van der Waals surface area (Å²) in [6, 6.07) is 1.58. The number of hydrogen-bond donors (Lipinski definition) is 1. The first-order chi connectivity index (χ1) is 7.52. The number of rotatable bonds is 3. The highest BCUT2D eigenvalue weighted by Gasteiger charge is 2.25. The molecule has 7 heteroatoms. The van der Waals surface area contributed by atoms with Gasteiger partial charge in [0, 0.05) is 11.5 Å². The Hall–Kier alpha value is -1.55. The molecule has 0 fully saturated rings. The van der Waals surface area contributed by atoms with Gasteiger partial charge in [0.15, 0.2) is 5.69 Å². The fourth-order valence-electron chi connectivity index (χ4n) is 1.18. The van der Waals surface area contributed by atoms with Crippen molar-refractivity contribution in [2.45, 2.75) is 11.8 Å². The molecule has 0 saturated carbocycles. The van der Waals surface area contributed by atoms with Crippen molar-refractivity contribution >= 4 is 21.9 Å². The number of nitriles is 1. The number of hydrogen-bond acceptors (Lipinski definition) is 3. The minimum atomic E-state index is -3.05. The Labute approximate surface area is 97.7 Å². The Morgan fingerprint density at radius 3 is 2.69 bits per heavy atom. The van der Waals surface area contributed by atoms with Crippen LogP contribution >= 0.6 is 15.9 Å². The highest BCUT2D eigenvalue weighted by Crippen LogP contribution is 2.28. The largest absolute Gasteiger partial charge is 0.476 e. The Balaban J connectivity index is 3.58. The van der Waals surface area contributed by atoms with Crippen molar-refractivity contribution in [2.24, 2.45) is 0 Å². The molecular weight excluding hydrogens is 286 g/mol. The number of nitrogens with zero attached hydrogens (tertiary/aromatic N) is 2. The molecule has 0 saturated heterocycles. The normalized spacial score (nSPS) is 10.2. The highest BCUT2D eigenvalue weighted by atomic mass is 79.9. The number of carbonyl (C=O) groups is 1. The van der Waals surface area contributed by atoms with E-state index in [2.05, 4.69) is 20.9 Å². The Morgan fingerprint density at radius 2 is 2.31 bits per heavy atom. The lowest BCUT2D eigenvalue weighted by Gasteiger charge is -2.09. The predicted molar refractivity (Wildman–Crippen MR) is 53.5 cm³/mol. The molecule has 0 aliphatic rings. The van der Waals surface area contributed by atoms with Gasteiger partial charge in [0.1, 0.15) is 6.07 Å². The summed E-state index contributed by atoms with van der Waals surface area (Å²) < 4.78 is 25.4. The molecule has 0 unspecified atom stereocenters. The first kappa shape index (κ1) is 12.5. The number of aromatic carboxylic acids is 1. The molecule has 0 atom stereocenters. The standard InChI is InChI=1S/C9H5BrF2N2O2/c10-1-4-3-14-7(9(15)16)6(8(11)12)5(4)2-13/h3,8H,1H2,(H,15,16). The van der Waals surface area contributed by atoms with Gasteiger partial charge >= 0.3 is 5.97 Å². The van der Waals surface area contributed by atoms with Crippen LogP contribution in [0.4, 0.5) is 8.78 Å². The minimum absolute atomic E-state index is 0.155. The second-order valence-corrected chi connectivity index (χ2v) is 3.33. The molecule has 0 spiro atoms. The average molecular weight is 291 g/mol. The molecule has 0 aliphatic heterocycles. The zero-order valence-electron chi connectivity index (χ0n) is 7.75. The number of halogens is 3. The van der Waals surface area contributed by atoms with E-state index in [4.69, 9.17) is 10.4 Å². The second-order valence-electron chi connectivity index (χ2n) is 2.77. The molecule has 1 rings (SSSR count). The summed E-state index contributed by atoms with van der Waals surface area (Å²) in [6.45, 7) is 0. The van der Waals surface area contributed by atoms with E-state index in [0.717, 1.165) is 6.20 Å². The predicted octanol–water partition coefficient (Wildman–Crippen LogP) is 2.48. The molecule has 4 nitrogen and oxygen atoms in total. The van der Waals surface area contributed by atoms with Crippen LogP contribution in [0.5, 0.6) is 0 Å². The fraction of sp³-hybridized carbons (Fsp3) is 0.222. The van der Waals surface area contributed by atoms with Crippen molar-refractivity contribution < 1.29 is 18.7 Å². The second kappa shape index (κ2) is 4.99. The Bertz CT molecular complexity index is 471. The van der Waals surface area contributed by atoms with Crippen molar-refractivity contribution in [3.63, 3.8) is 0 Å². The van der Waals surface area contributed by atoms with E-state index in [0.29, 0.717) is 0 Å². The quantitative estimate of drug-likeness (QED) is 0.868. The minimum Gasteiger partial charge on any atom is -0.476 e. The van der Waals surface area contributed by atoms with E-state index in [9.17, 15) is 13.6 Å². The van der Waals surface area contributed by atoms with Gasteiger partial charge in [-0.05, 0) is 5.56 Å². The summed E-state index contributed by atoms with van der Waals surface area (Å²) in [6.07, 6.45) is -1.95. The molecule has 0 aromatic carbocycles. The number of pyridine rings is 1. The molecule has 0 aliphatic carbocycles. The lowest BCUT2D eigenvalue weighted by atomic mass is 10.0. The van der Waals surface area contributed by atoms with Crippen LogP contribution in [0.15, 0.2) is 6.20 Å². The monoisotopic (exact) mass is 290 g/mol. The summed E-state index contributed by atoms with van der Waals surface area (Å²) >= 11 is 3.01. The van der Waals surface area contributed by atoms with Gasteiger partial charge in [-0.25, -0.2) is 18.6 Å². The van der Waals surface area contributed by atoms with Gasteiger partial charge in [0.25, 0.3) is 6.43 Å². The summed E-state index contributed by atoms with van der Waals surface area (Å²) in [5.41, 5.74) is -1.70. The first-order valence-corrected chi connectivity index (χ1v) is 5.14. The van der Waals surface area contributed by atoms with E-state index in [1.807, 2.05) is 0 Å². The van der Waals surface area contributed by atoms with Crippen LogP contribution in [0.3, 0.4) is 0 Å². The summed E-state index contributed by atoms with van der Waals surface area (Å²) in [7, 11) is 0. The van der Waals surface area contributed by atoms with Gasteiger partial charge in [-0.15, -0.1) is 0 Å². The Kier molecular flexibility index (Phi) is 3.90. The molecular formula is C9H5BrF2N2O2. The zero-order valence-corrected chi connectivity index (χ0v) is 9.33. The van der Waals surface area contributed by atoms with Gasteiger partial charge in [0.05, 0.1) is 11.1 Å². The molecule has 0 amide bonds. The topological polar surface area (TPSA) is 74.0 Å². The van der Waals surface area contributed by atoms with Gasteiger partial charge < -0.3 is 5.11 Å². The summed E-state index contributed by atoms with van der Waals surface area (Å²) in [4.78, 5) is 14.1. The first-order valence-electron chi connectivity index (χ1n) is 4.02. The third kappa shape index (κ3) is 2.17. The Morgan fingerprint density at radius 1 is 1.69 bits per heavy atom. The van der Waals surface area contributed by atoms with Crippen molar-refractivity contribution in [2.75, 3.05) is 0 Å². The van der Waals surface area contributed by atoms with Crippen LogP contribution in [0.25, 0.3) is 0 Å². The molecule has 1 heterocycles. The molecule has 1 aromatic heterocycles. The van der Waals surface area contributed by atoms with Crippen molar-refractivity contribution in [3.05, 3.63) is 28.6 Å². The van der Waals surface area contributed by atoms with Crippen molar-refractivity contribution in [1.82, 2.24) is 4.98 Å². The van der Waals surface area contributed by atoms with E-state index in [1.54, 1.807) is 6.07 Å². The van der Waals surface area contributed by atoms with Crippen LogP contribution in [0, 0.1) is 11.3 Å². The number of carboxylic acid groups (broad SMARTS) is 1. The SMILES string of the molecule is N#Cc1c(CBr)cnc(C(=O)O)c1C(F)F. The van der Waals surface area contributed by atoms with E-state index >= 15 is 0 Å². The summed E-state index contributed by atoms with van der Waals surface area (Å²) in [5.74, 6) is -1.58. The van der Waals surface area contributed by atoms with Crippen molar-refractivity contribution in [3.8, 4) is 6.07 Å². The zero-order chi connectivity index (χ0) is 12.3. The van der Waals surface area contributed by atoms with E-state index in [1.165, 1.54) is 0 Å². The maximum Gasteiger partial charge on any atom is 0.355 e. The van der Waals surface area contributed by atoms with Crippen LogP contribution in [0.1, 0.15) is 33.6 Å². The lowest BCUT2D eigenvalue weighted by molar-refractivity contribution is 0.0677. The molecule has 1 aromatic rings. The van der Waals surface area contributed by atoms with Gasteiger partial charge in [-0.1, -0.05) is 15.9 Å².